The zero-order valence-electron chi connectivity index (χ0n) is 18.1. The molecule has 0 fully saturated rings. The van der Waals surface area contributed by atoms with E-state index in [0.717, 1.165) is 12.8 Å². The van der Waals surface area contributed by atoms with Crippen molar-refractivity contribution in [3.8, 4) is 5.75 Å². The molecule has 0 atom stereocenters. The second-order valence-electron chi connectivity index (χ2n) is 8.48. The Morgan fingerprint density at radius 2 is 1.90 bits per heavy atom. The Labute approximate surface area is 174 Å². The van der Waals surface area contributed by atoms with E-state index in [-0.39, 0.29) is 11.5 Å². The Bertz CT molecular complexity index is 653. The Kier molecular flexibility index (Phi) is 10.1. The zero-order chi connectivity index (χ0) is 21.9. The van der Waals surface area contributed by atoms with Gasteiger partial charge in [-0.1, -0.05) is 0 Å². The third-order valence-electron chi connectivity index (χ3n) is 4.49. The van der Waals surface area contributed by atoms with E-state index in [9.17, 15) is 14.7 Å². The maximum Gasteiger partial charge on any atom is 0.220 e. The Hall–Kier alpha value is -2.12. The number of carbonyl (C=O) groups excluding carboxylic acids is 2. The van der Waals surface area contributed by atoms with Crippen LogP contribution >= 0.6 is 0 Å². The smallest absolute Gasteiger partial charge is 0.220 e. The van der Waals surface area contributed by atoms with Gasteiger partial charge in [-0.2, -0.15) is 0 Å². The van der Waals surface area contributed by atoms with Crippen LogP contribution in [0.15, 0.2) is 18.2 Å². The first-order chi connectivity index (χ1) is 13.5. The predicted octanol–water partition coefficient (Wildman–Crippen LogP) is 3.09. The summed E-state index contributed by atoms with van der Waals surface area (Å²) in [6.07, 6.45) is 3.90. The molecule has 0 aliphatic heterocycles. The van der Waals surface area contributed by atoms with Gasteiger partial charge in [0.05, 0.1) is 24.4 Å². The molecule has 0 aliphatic carbocycles. The molecule has 0 aromatic heterocycles. The third kappa shape index (κ3) is 11.5. The second kappa shape index (κ2) is 11.8. The molecule has 4 N–H and O–H groups in total. The number of nitrogen functional groups attached to an aromatic ring is 1. The highest BCUT2D eigenvalue weighted by Crippen LogP contribution is 2.19. The average molecular weight is 409 g/mol. The number of ether oxygens (including phenoxy) is 2. The van der Waals surface area contributed by atoms with Gasteiger partial charge >= 0.3 is 0 Å². The van der Waals surface area contributed by atoms with E-state index in [1.54, 1.807) is 32.0 Å². The summed E-state index contributed by atoms with van der Waals surface area (Å²) in [6, 6.07) is 4.90. The van der Waals surface area contributed by atoms with E-state index in [2.05, 4.69) is 5.32 Å². The summed E-state index contributed by atoms with van der Waals surface area (Å²) in [5.41, 5.74) is 5.53. The molecule has 1 rings (SSSR count). The van der Waals surface area contributed by atoms with Crippen LogP contribution in [-0.2, 0) is 9.53 Å². The maximum atomic E-state index is 11.9. The minimum atomic E-state index is -0.723. The van der Waals surface area contributed by atoms with Crippen molar-refractivity contribution in [1.29, 1.82) is 0 Å². The Morgan fingerprint density at radius 3 is 2.52 bits per heavy atom. The topological polar surface area (TPSA) is 111 Å². The van der Waals surface area contributed by atoms with Crippen molar-refractivity contribution in [1.82, 2.24) is 5.32 Å². The van der Waals surface area contributed by atoms with Gasteiger partial charge in [0.2, 0.25) is 5.91 Å². The molecule has 1 aromatic rings. The normalized spacial score (nSPS) is 11.9. The number of hydrogen-bond acceptors (Lipinski definition) is 6. The molecule has 0 saturated carbocycles. The van der Waals surface area contributed by atoms with Crippen molar-refractivity contribution < 1.29 is 24.2 Å². The minimum absolute atomic E-state index is 0.00910. The van der Waals surface area contributed by atoms with Crippen molar-refractivity contribution in [2.24, 2.45) is 0 Å². The number of nitrogens with one attached hydrogen (secondary N) is 1. The van der Waals surface area contributed by atoms with Crippen molar-refractivity contribution in [3.05, 3.63) is 23.8 Å². The van der Waals surface area contributed by atoms with Gasteiger partial charge in [0.15, 0.2) is 6.29 Å². The monoisotopic (exact) mass is 408 g/mol. The van der Waals surface area contributed by atoms with Gasteiger partial charge in [-0.25, -0.2) is 0 Å². The lowest BCUT2D eigenvalue weighted by Crippen LogP contribution is -2.31. The van der Waals surface area contributed by atoms with E-state index >= 15 is 0 Å². The standard InChI is InChI=1S/C22H36N2O5/c1-21(2,27)11-14-29-22(3,4)10-6-12-24-20(26)7-5-13-28-18-9-8-17(16-25)19(23)15-18/h8-9,15-16,27H,5-7,10-14,23H2,1-4H3,(H,24,26). The summed E-state index contributed by atoms with van der Waals surface area (Å²) in [5.74, 6) is 0.575. The minimum Gasteiger partial charge on any atom is -0.494 e. The molecular formula is C22H36N2O5. The van der Waals surface area contributed by atoms with Crippen molar-refractivity contribution in [2.45, 2.75) is 71.0 Å². The van der Waals surface area contributed by atoms with Gasteiger partial charge in [-0.3, -0.25) is 9.59 Å². The van der Waals surface area contributed by atoms with Crippen molar-refractivity contribution in [2.75, 3.05) is 25.5 Å². The van der Waals surface area contributed by atoms with E-state index < -0.39 is 5.60 Å². The molecular weight excluding hydrogens is 372 g/mol. The van der Waals surface area contributed by atoms with Crippen LogP contribution in [0.25, 0.3) is 0 Å². The number of nitrogens with two attached hydrogens (primary N) is 1. The maximum absolute atomic E-state index is 11.9. The number of aliphatic hydroxyl groups is 1. The lowest BCUT2D eigenvalue weighted by molar-refractivity contribution is -0.121. The zero-order valence-corrected chi connectivity index (χ0v) is 18.1. The molecule has 164 valence electrons. The quantitative estimate of drug-likeness (QED) is 0.248. The fourth-order valence-electron chi connectivity index (χ4n) is 2.65. The highest BCUT2D eigenvalue weighted by atomic mass is 16.5. The SMILES string of the molecule is CC(C)(O)CCOC(C)(C)CCCNC(=O)CCCOc1ccc(C=O)c(N)c1. The molecule has 0 unspecified atom stereocenters. The molecule has 0 aliphatic rings. The van der Waals surface area contributed by atoms with Gasteiger partial charge in [0.1, 0.15) is 5.75 Å². The lowest BCUT2D eigenvalue weighted by atomic mass is 10.0. The number of rotatable bonds is 14. The van der Waals surface area contributed by atoms with Gasteiger partial charge in [0, 0.05) is 30.3 Å². The number of amides is 1. The first-order valence-electron chi connectivity index (χ1n) is 10.1. The van der Waals surface area contributed by atoms with Crippen molar-refractivity contribution >= 4 is 17.9 Å². The lowest BCUT2D eigenvalue weighted by Gasteiger charge is -2.27. The Balaban J connectivity index is 2.13. The van der Waals surface area contributed by atoms with Gasteiger partial charge in [-0.05, 0) is 65.5 Å². The first-order valence-corrected chi connectivity index (χ1v) is 10.1. The summed E-state index contributed by atoms with van der Waals surface area (Å²) in [7, 11) is 0. The summed E-state index contributed by atoms with van der Waals surface area (Å²) in [6.45, 7) is 9.07. The molecule has 0 radical (unpaired) electrons. The summed E-state index contributed by atoms with van der Waals surface area (Å²) in [4.78, 5) is 22.7. The molecule has 0 spiro atoms. The molecule has 1 amide bonds. The van der Waals surface area contributed by atoms with E-state index in [1.807, 2.05) is 13.8 Å². The highest BCUT2D eigenvalue weighted by Gasteiger charge is 2.20. The van der Waals surface area contributed by atoms with Crippen LogP contribution in [0.3, 0.4) is 0 Å². The molecule has 7 nitrogen and oxygen atoms in total. The molecule has 0 saturated heterocycles. The summed E-state index contributed by atoms with van der Waals surface area (Å²) >= 11 is 0. The number of hydrogen-bond donors (Lipinski definition) is 3. The number of benzene rings is 1. The molecule has 0 heterocycles. The highest BCUT2D eigenvalue weighted by molar-refractivity contribution is 5.83. The summed E-state index contributed by atoms with van der Waals surface area (Å²) < 4.78 is 11.4. The van der Waals surface area contributed by atoms with E-state index in [4.69, 9.17) is 15.2 Å². The molecule has 0 bridgehead atoms. The fraction of sp³-hybridized carbons (Fsp3) is 0.636. The predicted molar refractivity (Wildman–Crippen MR) is 114 cm³/mol. The molecule has 1 aromatic carbocycles. The summed E-state index contributed by atoms with van der Waals surface area (Å²) in [5, 5.41) is 12.6. The van der Waals surface area contributed by atoms with E-state index in [0.29, 0.717) is 62.3 Å². The van der Waals surface area contributed by atoms with Gasteiger partial charge in [0.25, 0.3) is 0 Å². The third-order valence-corrected chi connectivity index (χ3v) is 4.49. The Morgan fingerprint density at radius 1 is 1.17 bits per heavy atom. The van der Waals surface area contributed by atoms with Gasteiger partial charge in [-0.15, -0.1) is 0 Å². The first kappa shape index (κ1) is 24.9. The second-order valence-corrected chi connectivity index (χ2v) is 8.48. The number of carbonyl (C=O) groups is 2. The van der Waals surface area contributed by atoms with Crippen LogP contribution in [0.5, 0.6) is 5.75 Å². The van der Waals surface area contributed by atoms with Crippen LogP contribution in [0.4, 0.5) is 5.69 Å². The van der Waals surface area contributed by atoms with Crippen LogP contribution < -0.4 is 15.8 Å². The number of anilines is 1. The number of aldehydes is 1. The largest absolute Gasteiger partial charge is 0.494 e. The van der Waals surface area contributed by atoms with Crippen LogP contribution in [-0.4, -0.2) is 48.3 Å². The van der Waals surface area contributed by atoms with Crippen LogP contribution in [0, 0.1) is 0 Å². The average Bonchev–Trinajstić information content (AvgIpc) is 2.61. The van der Waals surface area contributed by atoms with Crippen LogP contribution in [0.1, 0.15) is 70.2 Å². The fourth-order valence-corrected chi connectivity index (χ4v) is 2.65. The van der Waals surface area contributed by atoms with Crippen LogP contribution in [0.2, 0.25) is 0 Å². The van der Waals surface area contributed by atoms with Crippen molar-refractivity contribution in [3.63, 3.8) is 0 Å². The molecule has 7 heteroatoms. The van der Waals surface area contributed by atoms with E-state index in [1.165, 1.54) is 0 Å². The van der Waals surface area contributed by atoms with Gasteiger partial charge < -0.3 is 25.6 Å². The molecule has 29 heavy (non-hydrogen) atoms.